The molecule has 0 aliphatic rings. The molecule has 1 heterocycles. The minimum absolute atomic E-state index is 0.0708. The average molecular weight is 394 g/mol. The highest BCUT2D eigenvalue weighted by atomic mass is 35.5. The van der Waals surface area contributed by atoms with E-state index >= 15 is 0 Å². The maximum Gasteiger partial charge on any atom is 0.359 e. The van der Waals surface area contributed by atoms with Gasteiger partial charge in [-0.1, -0.05) is 46.4 Å². The number of amides is 1. The first kappa shape index (κ1) is 17.8. The highest BCUT2D eigenvalue weighted by molar-refractivity contribution is 6.35. The van der Waals surface area contributed by atoms with Crippen LogP contribution in [-0.4, -0.2) is 23.5 Å². The molecule has 2 aromatic rings. The molecular formula is C14H8Cl4N2O3. The van der Waals surface area contributed by atoms with Crippen LogP contribution in [0.1, 0.15) is 10.5 Å². The fourth-order valence-corrected chi connectivity index (χ4v) is 2.44. The van der Waals surface area contributed by atoms with Crippen LogP contribution in [0.4, 0.5) is 5.69 Å². The largest absolute Gasteiger partial charge is 0.451 e. The fraction of sp³-hybridized carbons (Fsp3) is 0.0714. The molecule has 1 aromatic heterocycles. The van der Waals surface area contributed by atoms with E-state index in [0.717, 1.165) is 0 Å². The quantitative estimate of drug-likeness (QED) is 0.613. The van der Waals surface area contributed by atoms with Gasteiger partial charge >= 0.3 is 5.97 Å². The van der Waals surface area contributed by atoms with E-state index < -0.39 is 18.5 Å². The molecule has 0 radical (unpaired) electrons. The third-order valence-electron chi connectivity index (χ3n) is 2.49. The number of carbonyl (C=O) groups is 2. The summed E-state index contributed by atoms with van der Waals surface area (Å²) in [6.07, 6.45) is 0. The lowest BCUT2D eigenvalue weighted by atomic mass is 10.3. The van der Waals surface area contributed by atoms with Crippen LogP contribution in [0, 0.1) is 0 Å². The van der Waals surface area contributed by atoms with Crippen molar-refractivity contribution in [3.63, 3.8) is 0 Å². The van der Waals surface area contributed by atoms with Crippen molar-refractivity contribution < 1.29 is 14.3 Å². The van der Waals surface area contributed by atoms with Crippen molar-refractivity contribution in [3.8, 4) is 0 Å². The summed E-state index contributed by atoms with van der Waals surface area (Å²) in [5, 5.41) is 3.37. The predicted octanol–water partition coefficient (Wildman–Crippen LogP) is 4.49. The van der Waals surface area contributed by atoms with Crippen LogP contribution >= 0.6 is 46.4 Å². The van der Waals surface area contributed by atoms with Crippen LogP contribution in [0.2, 0.25) is 20.2 Å². The number of aromatic nitrogens is 1. The van der Waals surface area contributed by atoms with Gasteiger partial charge in [0.1, 0.15) is 5.15 Å². The van der Waals surface area contributed by atoms with Gasteiger partial charge in [-0.05, 0) is 30.3 Å². The molecule has 1 amide bonds. The Hall–Kier alpha value is -1.53. The maximum absolute atomic E-state index is 11.8. The highest BCUT2D eigenvalue weighted by Crippen LogP contribution is 2.22. The Kier molecular flexibility index (Phi) is 6.07. The molecule has 0 bridgehead atoms. The SMILES string of the molecule is O=C(COC(=O)c1nc(Cl)ccc1Cl)Nc1cc(Cl)cc(Cl)c1. The van der Waals surface area contributed by atoms with Gasteiger partial charge in [0, 0.05) is 15.7 Å². The van der Waals surface area contributed by atoms with Crippen LogP contribution in [-0.2, 0) is 9.53 Å². The Bertz CT molecular complexity index is 747. The number of nitrogens with one attached hydrogen (secondary N) is 1. The zero-order chi connectivity index (χ0) is 17.0. The van der Waals surface area contributed by atoms with E-state index in [1.54, 1.807) is 0 Å². The van der Waals surface area contributed by atoms with Gasteiger partial charge < -0.3 is 10.1 Å². The van der Waals surface area contributed by atoms with Gasteiger partial charge in [0.2, 0.25) is 0 Å². The predicted molar refractivity (Wildman–Crippen MR) is 89.6 cm³/mol. The summed E-state index contributed by atoms with van der Waals surface area (Å²) in [5.41, 5.74) is 0.209. The summed E-state index contributed by atoms with van der Waals surface area (Å²) < 4.78 is 4.84. The maximum atomic E-state index is 11.8. The van der Waals surface area contributed by atoms with E-state index in [9.17, 15) is 9.59 Å². The molecular weight excluding hydrogens is 386 g/mol. The molecule has 9 heteroatoms. The molecule has 0 saturated carbocycles. The van der Waals surface area contributed by atoms with Crippen LogP contribution in [0.5, 0.6) is 0 Å². The molecule has 0 fully saturated rings. The third kappa shape index (κ3) is 5.25. The molecule has 23 heavy (non-hydrogen) atoms. The number of anilines is 1. The van der Waals surface area contributed by atoms with Crippen LogP contribution < -0.4 is 5.32 Å². The summed E-state index contributed by atoms with van der Waals surface area (Å²) >= 11 is 23.1. The van der Waals surface area contributed by atoms with Crippen molar-refractivity contribution in [1.82, 2.24) is 4.98 Å². The number of benzene rings is 1. The number of ether oxygens (including phenoxy) is 1. The lowest BCUT2D eigenvalue weighted by Gasteiger charge is -2.08. The zero-order valence-corrected chi connectivity index (χ0v) is 14.3. The minimum Gasteiger partial charge on any atom is -0.451 e. The summed E-state index contributed by atoms with van der Waals surface area (Å²) in [4.78, 5) is 27.4. The first-order valence-corrected chi connectivity index (χ1v) is 7.61. The molecule has 5 nitrogen and oxygen atoms in total. The van der Waals surface area contributed by atoms with E-state index in [1.165, 1.54) is 30.3 Å². The van der Waals surface area contributed by atoms with E-state index in [1.807, 2.05) is 0 Å². The standard InChI is InChI=1S/C14H8Cl4N2O3/c15-7-3-8(16)5-9(4-7)19-12(21)6-23-14(22)13-10(17)1-2-11(18)20-13/h1-5H,6H2,(H,19,21). The summed E-state index contributed by atoms with van der Waals surface area (Å²) in [6, 6.07) is 7.36. The van der Waals surface area contributed by atoms with Gasteiger partial charge in [-0.25, -0.2) is 9.78 Å². The van der Waals surface area contributed by atoms with Gasteiger partial charge in [0.25, 0.3) is 5.91 Å². The molecule has 0 unspecified atom stereocenters. The average Bonchev–Trinajstić information content (AvgIpc) is 2.46. The second kappa shape index (κ2) is 7.84. The Morgan fingerprint density at radius 3 is 2.35 bits per heavy atom. The van der Waals surface area contributed by atoms with Gasteiger partial charge in [0.15, 0.2) is 12.3 Å². The number of halogens is 4. The Morgan fingerprint density at radius 1 is 1.04 bits per heavy atom. The molecule has 2 rings (SSSR count). The number of hydrogen-bond acceptors (Lipinski definition) is 4. The third-order valence-corrected chi connectivity index (χ3v) is 3.44. The summed E-state index contributed by atoms with van der Waals surface area (Å²) in [5.74, 6) is -1.44. The number of nitrogens with zero attached hydrogens (tertiary/aromatic N) is 1. The van der Waals surface area contributed by atoms with Gasteiger partial charge in [-0.15, -0.1) is 0 Å². The van der Waals surface area contributed by atoms with Crippen molar-refractivity contribution in [3.05, 3.63) is 56.2 Å². The number of rotatable bonds is 4. The smallest absolute Gasteiger partial charge is 0.359 e. The summed E-state index contributed by atoms with van der Waals surface area (Å²) in [6.45, 7) is -0.534. The second-order valence-corrected chi connectivity index (χ2v) is 5.91. The number of pyridine rings is 1. The highest BCUT2D eigenvalue weighted by Gasteiger charge is 2.16. The molecule has 1 N–H and O–H groups in total. The van der Waals surface area contributed by atoms with Crippen molar-refractivity contribution in [2.45, 2.75) is 0 Å². The first-order valence-electron chi connectivity index (χ1n) is 6.10. The molecule has 0 aliphatic heterocycles. The van der Waals surface area contributed by atoms with E-state index in [0.29, 0.717) is 15.7 Å². The second-order valence-electron chi connectivity index (χ2n) is 4.25. The lowest BCUT2D eigenvalue weighted by molar-refractivity contribution is -0.119. The first-order chi connectivity index (χ1) is 10.8. The van der Waals surface area contributed by atoms with Crippen LogP contribution in [0.15, 0.2) is 30.3 Å². The lowest BCUT2D eigenvalue weighted by Crippen LogP contribution is -2.21. The number of carbonyl (C=O) groups excluding carboxylic acids is 2. The molecule has 0 saturated heterocycles. The Morgan fingerprint density at radius 2 is 1.70 bits per heavy atom. The van der Waals surface area contributed by atoms with Crippen molar-refractivity contribution in [2.75, 3.05) is 11.9 Å². The number of hydrogen-bond donors (Lipinski definition) is 1. The van der Waals surface area contributed by atoms with Gasteiger partial charge in [-0.3, -0.25) is 4.79 Å². The number of esters is 1. The van der Waals surface area contributed by atoms with Crippen molar-refractivity contribution in [1.29, 1.82) is 0 Å². The topological polar surface area (TPSA) is 68.3 Å². The molecule has 1 aromatic carbocycles. The van der Waals surface area contributed by atoms with Crippen LogP contribution in [0.3, 0.4) is 0 Å². The molecule has 120 valence electrons. The van der Waals surface area contributed by atoms with E-state index in [-0.39, 0.29) is 15.9 Å². The monoisotopic (exact) mass is 392 g/mol. The fourth-order valence-electron chi connectivity index (χ4n) is 1.58. The van der Waals surface area contributed by atoms with Gasteiger partial charge in [0.05, 0.1) is 5.02 Å². The normalized spacial score (nSPS) is 10.3. The molecule has 0 atom stereocenters. The Balaban J connectivity index is 1.96. The van der Waals surface area contributed by atoms with Crippen molar-refractivity contribution >= 4 is 64.0 Å². The zero-order valence-electron chi connectivity index (χ0n) is 11.3. The summed E-state index contributed by atoms with van der Waals surface area (Å²) in [7, 11) is 0. The minimum atomic E-state index is -0.864. The van der Waals surface area contributed by atoms with E-state index in [4.69, 9.17) is 51.1 Å². The van der Waals surface area contributed by atoms with Crippen molar-refractivity contribution in [2.24, 2.45) is 0 Å². The Labute approximate surface area is 151 Å². The van der Waals surface area contributed by atoms with Crippen LogP contribution in [0.25, 0.3) is 0 Å². The van der Waals surface area contributed by atoms with Gasteiger partial charge in [-0.2, -0.15) is 0 Å². The molecule has 0 aliphatic carbocycles. The molecule has 0 spiro atoms. The van der Waals surface area contributed by atoms with E-state index in [2.05, 4.69) is 10.3 Å².